The number of halogens is 2. The van der Waals surface area contributed by atoms with E-state index in [0.717, 1.165) is 18.7 Å². The summed E-state index contributed by atoms with van der Waals surface area (Å²) >= 11 is 0. The van der Waals surface area contributed by atoms with Gasteiger partial charge in [-0.3, -0.25) is 4.79 Å². The maximum Gasteiger partial charge on any atom is 0.250 e. The zero-order chi connectivity index (χ0) is 15.2. The molecular formula is C16H22Cl2N4O2. The van der Waals surface area contributed by atoms with Crippen LogP contribution in [0, 0.1) is 0 Å². The number of carbonyl (C=O) groups excluding carboxylic acids is 1. The van der Waals surface area contributed by atoms with Crippen LogP contribution in [0.4, 0.5) is 0 Å². The van der Waals surface area contributed by atoms with Crippen LogP contribution >= 0.6 is 24.8 Å². The molecule has 1 aromatic carbocycles. The first kappa shape index (κ1) is 20.4. The normalized spacial score (nSPS) is 16.6. The van der Waals surface area contributed by atoms with Gasteiger partial charge in [-0.1, -0.05) is 24.3 Å². The van der Waals surface area contributed by atoms with Gasteiger partial charge in [0.2, 0.25) is 0 Å². The fourth-order valence-electron chi connectivity index (χ4n) is 2.39. The van der Waals surface area contributed by atoms with Gasteiger partial charge < -0.3 is 19.9 Å². The lowest BCUT2D eigenvalue weighted by Crippen LogP contribution is -2.47. The number of aromatic nitrogens is 2. The number of benzene rings is 1. The largest absolute Gasteiger partial charge is 0.366 e. The lowest BCUT2D eigenvalue weighted by atomic mass is 10.1. The molecule has 2 heterocycles. The number of hydrogen-bond donors (Lipinski definition) is 2. The highest BCUT2D eigenvalue weighted by Crippen LogP contribution is 2.07. The van der Waals surface area contributed by atoms with Crippen LogP contribution in [0.2, 0.25) is 0 Å². The van der Waals surface area contributed by atoms with E-state index in [-0.39, 0.29) is 36.8 Å². The fourth-order valence-corrected chi connectivity index (χ4v) is 2.39. The van der Waals surface area contributed by atoms with Crippen molar-refractivity contribution in [2.45, 2.75) is 19.2 Å². The monoisotopic (exact) mass is 372 g/mol. The third-order valence-corrected chi connectivity index (χ3v) is 3.63. The van der Waals surface area contributed by atoms with Crippen LogP contribution in [0.5, 0.6) is 0 Å². The lowest BCUT2D eigenvalue weighted by molar-refractivity contribution is -0.134. The van der Waals surface area contributed by atoms with Crippen LogP contribution in [-0.2, 0) is 22.6 Å². The number of carbonyl (C=O) groups is 1. The Hall–Kier alpha value is -1.60. The quantitative estimate of drug-likeness (QED) is 0.831. The van der Waals surface area contributed by atoms with Gasteiger partial charge in [0.1, 0.15) is 6.10 Å². The van der Waals surface area contributed by atoms with E-state index in [9.17, 15) is 4.79 Å². The molecule has 1 aliphatic rings. The first-order chi connectivity index (χ1) is 10.8. The molecule has 1 aliphatic heterocycles. The second-order valence-corrected chi connectivity index (χ2v) is 5.33. The third kappa shape index (κ3) is 5.79. The molecule has 8 heteroatoms. The molecule has 0 saturated carbocycles. The van der Waals surface area contributed by atoms with E-state index in [4.69, 9.17) is 4.74 Å². The van der Waals surface area contributed by atoms with Crippen molar-refractivity contribution < 1.29 is 9.53 Å². The molecule has 0 radical (unpaired) electrons. The predicted molar refractivity (Wildman–Crippen MR) is 96.7 cm³/mol. The zero-order valence-corrected chi connectivity index (χ0v) is 14.8. The molecule has 2 aromatic rings. The third-order valence-electron chi connectivity index (χ3n) is 3.63. The molecule has 24 heavy (non-hydrogen) atoms. The first-order valence-electron chi connectivity index (χ1n) is 7.45. The van der Waals surface area contributed by atoms with Crippen LogP contribution in [0.25, 0.3) is 0 Å². The van der Waals surface area contributed by atoms with Crippen LogP contribution in [-0.4, -0.2) is 41.3 Å². The number of hydrogen-bond acceptors (Lipinski definition) is 4. The number of ether oxygens (including phenoxy) is 1. The van der Waals surface area contributed by atoms with Crippen molar-refractivity contribution in [2.24, 2.45) is 0 Å². The summed E-state index contributed by atoms with van der Waals surface area (Å²) in [6.07, 6.45) is 5.12. The van der Waals surface area contributed by atoms with Crippen molar-refractivity contribution in [3.63, 3.8) is 0 Å². The molecule has 1 saturated heterocycles. The minimum atomic E-state index is -0.380. The Morgan fingerprint density at radius 1 is 1.29 bits per heavy atom. The Bertz CT molecular complexity index is 599. The van der Waals surface area contributed by atoms with Gasteiger partial charge in [-0.15, -0.1) is 24.8 Å². The summed E-state index contributed by atoms with van der Waals surface area (Å²) in [5, 5.41) is 6.06. The zero-order valence-electron chi connectivity index (χ0n) is 13.2. The smallest absolute Gasteiger partial charge is 0.250 e. The van der Waals surface area contributed by atoms with Crippen molar-refractivity contribution in [1.82, 2.24) is 20.2 Å². The van der Waals surface area contributed by atoms with E-state index in [1.54, 1.807) is 12.5 Å². The Balaban J connectivity index is 0.00000144. The standard InChI is InChI=1S/C16H20N4O2.2ClH/c21-16(15-10-17-6-8-22-15)19-9-13-1-3-14(4-2-13)11-20-7-5-18-12-20;;/h1-5,7,12,15,17H,6,8-11H2,(H,19,21);2*1H. The minimum absolute atomic E-state index is 0. The lowest BCUT2D eigenvalue weighted by Gasteiger charge is -2.22. The Morgan fingerprint density at radius 3 is 2.67 bits per heavy atom. The maximum atomic E-state index is 12.0. The molecule has 1 aromatic heterocycles. The summed E-state index contributed by atoms with van der Waals surface area (Å²) in [7, 11) is 0. The number of imidazole rings is 1. The van der Waals surface area contributed by atoms with Crippen LogP contribution < -0.4 is 10.6 Å². The predicted octanol–water partition coefficient (Wildman–Crippen LogP) is 1.38. The molecule has 1 unspecified atom stereocenters. The van der Waals surface area contributed by atoms with E-state index >= 15 is 0 Å². The van der Waals surface area contributed by atoms with Crippen molar-refractivity contribution in [2.75, 3.05) is 19.7 Å². The Labute approximate surface area is 153 Å². The molecule has 1 amide bonds. The topological polar surface area (TPSA) is 68.2 Å². The highest BCUT2D eigenvalue weighted by Gasteiger charge is 2.21. The Morgan fingerprint density at radius 2 is 2.04 bits per heavy atom. The number of amides is 1. The van der Waals surface area contributed by atoms with Crippen LogP contribution in [0.15, 0.2) is 43.0 Å². The van der Waals surface area contributed by atoms with Gasteiger partial charge in [-0.2, -0.15) is 0 Å². The molecular weight excluding hydrogens is 351 g/mol. The fraction of sp³-hybridized carbons (Fsp3) is 0.375. The average Bonchev–Trinajstić information content (AvgIpc) is 3.08. The van der Waals surface area contributed by atoms with E-state index in [0.29, 0.717) is 19.7 Å². The van der Waals surface area contributed by atoms with Crippen molar-refractivity contribution in [3.8, 4) is 0 Å². The first-order valence-corrected chi connectivity index (χ1v) is 7.45. The molecule has 3 rings (SSSR count). The van der Waals surface area contributed by atoms with Crippen molar-refractivity contribution >= 4 is 30.7 Å². The molecule has 0 bridgehead atoms. The summed E-state index contributed by atoms with van der Waals surface area (Å²) in [6.45, 7) is 3.29. The SMILES string of the molecule is Cl.Cl.O=C(NCc1ccc(Cn2ccnc2)cc1)C1CNCCO1. The van der Waals surface area contributed by atoms with E-state index in [2.05, 4.69) is 27.8 Å². The van der Waals surface area contributed by atoms with Gasteiger partial charge in [0.15, 0.2) is 0 Å². The van der Waals surface area contributed by atoms with E-state index < -0.39 is 0 Å². The summed E-state index contributed by atoms with van der Waals surface area (Å²) < 4.78 is 7.44. The molecule has 0 aliphatic carbocycles. The summed E-state index contributed by atoms with van der Waals surface area (Å²) in [6, 6.07) is 8.21. The molecule has 6 nitrogen and oxygen atoms in total. The van der Waals surface area contributed by atoms with E-state index in [1.807, 2.05) is 22.9 Å². The van der Waals surface area contributed by atoms with Gasteiger partial charge in [-0.05, 0) is 11.1 Å². The second kappa shape index (κ2) is 10.3. The summed E-state index contributed by atoms with van der Waals surface area (Å²) in [5.41, 5.74) is 2.28. The second-order valence-electron chi connectivity index (χ2n) is 5.33. The highest BCUT2D eigenvalue weighted by atomic mass is 35.5. The van der Waals surface area contributed by atoms with Gasteiger partial charge in [0.25, 0.3) is 5.91 Å². The maximum absolute atomic E-state index is 12.0. The molecule has 132 valence electrons. The average molecular weight is 373 g/mol. The van der Waals surface area contributed by atoms with Gasteiger partial charge in [0, 0.05) is 38.6 Å². The number of rotatable bonds is 5. The van der Waals surface area contributed by atoms with E-state index in [1.165, 1.54) is 5.56 Å². The highest BCUT2D eigenvalue weighted by molar-refractivity contribution is 5.85. The molecule has 0 spiro atoms. The van der Waals surface area contributed by atoms with Gasteiger partial charge in [-0.25, -0.2) is 4.98 Å². The van der Waals surface area contributed by atoms with Crippen molar-refractivity contribution in [3.05, 3.63) is 54.1 Å². The number of nitrogens with one attached hydrogen (secondary N) is 2. The van der Waals surface area contributed by atoms with Crippen LogP contribution in [0.1, 0.15) is 11.1 Å². The molecule has 1 fully saturated rings. The number of nitrogens with zero attached hydrogens (tertiary/aromatic N) is 2. The molecule has 1 atom stereocenters. The molecule has 2 N–H and O–H groups in total. The number of morpholine rings is 1. The van der Waals surface area contributed by atoms with Crippen molar-refractivity contribution in [1.29, 1.82) is 0 Å². The van der Waals surface area contributed by atoms with Gasteiger partial charge >= 0.3 is 0 Å². The van der Waals surface area contributed by atoms with Crippen LogP contribution in [0.3, 0.4) is 0 Å². The Kier molecular flexibility index (Phi) is 8.78. The summed E-state index contributed by atoms with van der Waals surface area (Å²) in [4.78, 5) is 16.0. The summed E-state index contributed by atoms with van der Waals surface area (Å²) in [5.74, 6) is -0.0605. The van der Waals surface area contributed by atoms with Gasteiger partial charge in [0.05, 0.1) is 12.9 Å². The minimum Gasteiger partial charge on any atom is -0.366 e.